The molecule has 6 heteroatoms. The second-order valence-corrected chi connectivity index (χ2v) is 9.08. The summed E-state index contributed by atoms with van der Waals surface area (Å²) in [6, 6.07) is 12.6. The third-order valence-electron chi connectivity index (χ3n) is 7.23. The third kappa shape index (κ3) is 3.81. The first-order valence-electron chi connectivity index (χ1n) is 11.2. The summed E-state index contributed by atoms with van der Waals surface area (Å²) >= 11 is 0. The van der Waals surface area contributed by atoms with Crippen molar-refractivity contribution in [2.24, 2.45) is 17.3 Å². The Morgan fingerprint density at radius 2 is 1.80 bits per heavy atom. The molecule has 0 spiro atoms. The summed E-state index contributed by atoms with van der Waals surface area (Å²) in [5.41, 5.74) is 1.48. The van der Waals surface area contributed by atoms with Gasteiger partial charge in [0.15, 0.2) is 0 Å². The first-order chi connectivity index (χ1) is 14.7. The molecule has 3 aliphatic heterocycles. The van der Waals surface area contributed by atoms with Crippen LogP contribution >= 0.6 is 0 Å². The molecule has 3 aliphatic rings. The van der Waals surface area contributed by atoms with Crippen molar-refractivity contribution in [3.63, 3.8) is 0 Å². The standard InChI is InChI=1S/C24H30N4O2/c29-22(20-8-13-30-14-9-20)27-15-21-16-28(23-25-11-4-12-26-23)18-24(21,17-27)10-7-19-5-2-1-3-6-19/h1-6,11-12,20-21H,7-10,13-18H2/t21-,24+/m1/s1. The number of anilines is 1. The zero-order chi connectivity index (χ0) is 20.4. The molecule has 0 unspecified atom stereocenters. The lowest BCUT2D eigenvalue weighted by Gasteiger charge is -2.31. The second kappa shape index (κ2) is 8.34. The minimum Gasteiger partial charge on any atom is -0.381 e. The normalized spacial score (nSPS) is 26.7. The quantitative estimate of drug-likeness (QED) is 0.764. The predicted molar refractivity (Wildman–Crippen MR) is 115 cm³/mol. The largest absolute Gasteiger partial charge is 0.381 e. The highest BCUT2D eigenvalue weighted by Crippen LogP contribution is 2.47. The number of carbonyl (C=O) groups is 1. The van der Waals surface area contributed by atoms with Gasteiger partial charge in [-0.15, -0.1) is 0 Å². The number of carbonyl (C=O) groups excluding carboxylic acids is 1. The van der Waals surface area contributed by atoms with Crippen LogP contribution in [0, 0.1) is 17.3 Å². The smallest absolute Gasteiger partial charge is 0.225 e. The van der Waals surface area contributed by atoms with Gasteiger partial charge in [-0.1, -0.05) is 30.3 Å². The molecule has 1 aromatic heterocycles. The van der Waals surface area contributed by atoms with E-state index < -0.39 is 0 Å². The van der Waals surface area contributed by atoms with Gasteiger partial charge in [0.05, 0.1) is 0 Å². The lowest BCUT2D eigenvalue weighted by Crippen LogP contribution is -2.41. The van der Waals surface area contributed by atoms with Crippen LogP contribution in [0.15, 0.2) is 48.8 Å². The number of aryl methyl sites for hydroxylation is 1. The molecule has 3 fully saturated rings. The molecule has 1 amide bonds. The van der Waals surface area contributed by atoms with Crippen LogP contribution in [0.2, 0.25) is 0 Å². The van der Waals surface area contributed by atoms with Crippen molar-refractivity contribution in [2.45, 2.75) is 25.7 Å². The molecule has 1 aromatic carbocycles. The summed E-state index contributed by atoms with van der Waals surface area (Å²) in [6.45, 7) is 4.98. The molecule has 0 N–H and O–H groups in total. The molecule has 0 bridgehead atoms. The summed E-state index contributed by atoms with van der Waals surface area (Å²) in [4.78, 5) is 26.7. The first-order valence-corrected chi connectivity index (χ1v) is 11.2. The minimum atomic E-state index is 0.107. The maximum absolute atomic E-state index is 13.2. The number of amides is 1. The Bertz CT molecular complexity index is 856. The maximum Gasteiger partial charge on any atom is 0.225 e. The Kier molecular flexibility index (Phi) is 5.42. The average molecular weight is 407 g/mol. The lowest BCUT2D eigenvalue weighted by atomic mass is 9.76. The molecule has 30 heavy (non-hydrogen) atoms. The minimum absolute atomic E-state index is 0.107. The van der Waals surface area contributed by atoms with E-state index in [9.17, 15) is 4.79 Å². The number of benzene rings is 1. The number of rotatable bonds is 5. The van der Waals surface area contributed by atoms with E-state index >= 15 is 0 Å². The van der Waals surface area contributed by atoms with Crippen LogP contribution in [-0.4, -0.2) is 60.2 Å². The fraction of sp³-hybridized carbons (Fsp3) is 0.542. The Labute approximate surface area is 178 Å². The molecule has 0 saturated carbocycles. The Hall–Kier alpha value is -2.47. The van der Waals surface area contributed by atoms with E-state index in [1.165, 1.54) is 5.56 Å². The first kappa shape index (κ1) is 19.5. The molecular weight excluding hydrogens is 376 g/mol. The molecule has 5 rings (SSSR count). The molecular formula is C24H30N4O2. The van der Waals surface area contributed by atoms with Gasteiger partial charge in [0.2, 0.25) is 11.9 Å². The number of hydrogen-bond donors (Lipinski definition) is 0. The fourth-order valence-electron chi connectivity index (χ4n) is 5.55. The maximum atomic E-state index is 13.2. The number of nitrogens with zero attached hydrogens (tertiary/aromatic N) is 4. The van der Waals surface area contributed by atoms with E-state index in [1.54, 1.807) is 0 Å². The average Bonchev–Trinajstić information content (AvgIpc) is 3.34. The van der Waals surface area contributed by atoms with E-state index in [-0.39, 0.29) is 11.3 Å². The topological polar surface area (TPSA) is 58.6 Å². The van der Waals surface area contributed by atoms with E-state index in [0.29, 0.717) is 25.0 Å². The van der Waals surface area contributed by atoms with Gasteiger partial charge in [-0.3, -0.25) is 4.79 Å². The number of hydrogen-bond acceptors (Lipinski definition) is 5. The zero-order valence-electron chi connectivity index (χ0n) is 17.4. The van der Waals surface area contributed by atoms with Crippen LogP contribution in [0.1, 0.15) is 24.8 Å². The van der Waals surface area contributed by atoms with Gasteiger partial charge in [-0.2, -0.15) is 0 Å². The van der Waals surface area contributed by atoms with E-state index in [4.69, 9.17) is 4.74 Å². The Morgan fingerprint density at radius 1 is 1.03 bits per heavy atom. The summed E-state index contributed by atoms with van der Waals surface area (Å²) in [5.74, 6) is 1.76. The van der Waals surface area contributed by atoms with Crippen LogP contribution in [0.3, 0.4) is 0 Å². The van der Waals surface area contributed by atoms with E-state index in [1.807, 2.05) is 18.5 Å². The predicted octanol–water partition coefficient (Wildman–Crippen LogP) is 2.80. The van der Waals surface area contributed by atoms with Crippen molar-refractivity contribution < 1.29 is 9.53 Å². The van der Waals surface area contributed by atoms with Gasteiger partial charge in [0.25, 0.3) is 0 Å². The highest BCUT2D eigenvalue weighted by molar-refractivity contribution is 5.79. The molecule has 4 heterocycles. The van der Waals surface area contributed by atoms with E-state index in [0.717, 1.165) is 57.8 Å². The van der Waals surface area contributed by atoms with Crippen LogP contribution < -0.4 is 4.90 Å². The van der Waals surface area contributed by atoms with Crippen molar-refractivity contribution in [3.05, 3.63) is 54.4 Å². The van der Waals surface area contributed by atoms with Crippen molar-refractivity contribution in [1.82, 2.24) is 14.9 Å². The van der Waals surface area contributed by atoms with Crippen molar-refractivity contribution >= 4 is 11.9 Å². The monoisotopic (exact) mass is 406 g/mol. The van der Waals surface area contributed by atoms with Gasteiger partial charge < -0.3 is 14.5 Å². The van der Waals surface area contributed by atoms with Gasteiger partial charge in [0, 0.05) is 69.0 Å². The van der Waals surface area contributed by atoms with Crippen LogP contribution in [0.5, 0.6) is 0 Å². The van der Waals surface area contributed by atoms with Crippen LogP contribution in [-0.2, 0) is 16.0 Å². The van der Waals surface area contributed by atoms with Crippen molar-refractivity contribution in [2.75, 3.05) is 44.3 Å². The van der Waals surface area contributed by atoms with Gasteiger partial charge in [-0.25, -0.2) is 9.97 Å². The third-order valence-corrected chi connectivity index (χ3v) is 7.23. The number of fused-ring (bicyclic) bond motifs is 1. The highest BCUT2D eigenvalue weighted by Gasteiger charge is 2.54. The highest BCUT2D eigenvalue weighted by atomic mass is 16.5. The molecule has 2 aromatic rings. The second-order valence-electron chi connectivity index (χ2n) is 9.08. The van der Waals surface area contributed by atoms with Gasteiger partial charge in [-0.05, 0) is 37.3 Å². The van der Waals surface area contributed by atoms with Crippen LogP contribution in [0.4, 0.5) is 5.95 Å². The molecule has 6 nitrogen and oxygen atoms in total. The van der Waals surface area contributed by atoms with Crippen molar-refractivity contribution in [1.29, 1.82) is 0 Å². The summed E-state index contributed by atoms with van der Waals surface area (Å²) in [6.07, 6.45) is 7.48. The summed E-state index contributed by atoms with van der Waals surface area (Å²) < 4.78 is 5.47. The Balaban J connectivity index is 1.34. The van der Waals surface area contributed by atoms with Crippen molar-refractivity contribution in [3.8, 4) is 0 Å². The molecule has 0 radical (unpaired) electrons. The Morgan fingerprint density at radius 3 is 2.57 bits per heavy atom. The fourth-order valence-corrected chi connectivity index (χ4v) is 5.55. The summed E-state index contributed by atoms with van der Waals surface area (Å²) in [5, 5.41) is 0. The summed E-state index contributed by atoms with van der Waals surface area (Å²) in [7, 11) is 0. The number of ether oxygens (including phenoxy) is 1. The number of aromatic nitrogens is 2. The zero-order valence-corrected chi connectivity index (χ0v) is 17.4. The van der Waals surface area contributed by atoms with E-state index in [2.05, 4.69) is 50.1 Å². The van der Waals surface area contributed by atoms with Crippen LogP contribution in [0.25, 0.3) is 0 Å². The van der Waals surface area contributed by atoms with Gasteiger partial charge in [0.1, 0.15) is 0 Å². The molecule has 0 aliphatic carbocycles. The SMILES string of the molecule is O=C(C1CCOCC1)N1C[C@@H]2CN(c3ncccn3)C[C@]2(CCc2ccccc2)C1. The molecule has 2 atom stereocenters. The molecule has 3 saturated heterocycles. The van der Waals surface area contributed by atoms with Gasteiger partial charge >= 0.3 is 0 Å². The lowest BCUT2D eigenvalue weighted by molar-refractivity contribution is -0.138. The number of likely N-dealkylation sites (tertiary alicyclic amines) is 1. The molecule has 158 valence electrons.